The summed E-state index contributed by atoms with van der Waals surface area (Å²) in [5.41, 5.74) is 0. The van der Waals surface area contributed by atoms with Crippen molar-refractivity contribution in [2.24, 2.45) is 0 Å². The van der Waals surface area contributed by atoms with E-state index in [9.17, 15) is 0 Å². The zero-order valence-electron chi connectivity index (χ0n) is 19.0. The maximum absolute atomic E-state index is 4.99. The Labute approximate surface area is 209 Å². The normalized spacial score (nSPS) is 24.4. The van der Waals surface area contributed by atoms with Crippen molar-refractivity contribution in [3.8, 4) is 0 Å². The number of hydrogen-bond acceptors (Lipinski definition) is 7. The first-order valence-electron chi connectivity index (χ1n) is 11.4. The van der Waals surface area contributed by atoms with Crippen LogP contribution in [0, 0.1) is 0 Å². The van der Waals surface area contributed by atoms with Crippen LogP contribution < -0.4 is 20.4 Å². The van der Waals surface area contributed by atoms with Crippen LogP contribution in [-0.2, 0) is 0 Å². The van der Waals surface area contributed by atoms with E-state index >= 15 is 0 Å². The van der Waals surface area contributed by atoms with Crippen LogP contribution in [0.25, 0.3) is 5.78 Å². The van der Waals surface area contributed by atoms with E-state index in [0.717, 1.165) is 62.5 Å². The van der Waals surface area contributed by atoms with Crippen molar-refractivity contribution in [1.82, 2.24) is 30.2 Å². The molecule has 3 aliphatic rings. The second-order valence-corrected chi connectivity index (χ2v) is 9.09. The topological polar surface area (TPSA) is 73.6 Å². The Morgan fingerprint density at radius 1 is 0.844 bits per heavy atom. The van der Waals surface area contributed by atoms with Gasteiger partial charge in [-0.15, -0.1) is 42.3 Å². The van der Waals surface area contributed by atoms with Gasteiger partial charge in [0.05, 0.1) is 0 Å². The SMILES string of the molecule is CC1CN(c2cc(N3CCNC(C)C3)n3nc(C4CCCCC4)nc3n2)CCN1.Cl.Cl.Cl. The summed E-state index contributed by atoms with van der Waals surface area (Å²) in [5, 5.41) is 12.1. The Hall–Kier alpha value is -1.06. The molecule has 8 nitrogen and oxygen atoms in total. The van der Waals surface area contributed by atoms with Gasteiger partial charge in [0.25, 0.3) is 5.78 Å². The van der Waals surface area contributed by atoms with E-state index in [0.29, 0.717) is 18.0 Å². The number of fused-ring (bicyclic) bond motifs is 1. The lowest BCUT2D eigenvalue weighted by atomic mass is 9.89. The van der Waals surface area contributed by atoms with Gasteiger partial charge in [-0.05, 0) is 26.7 Å². The van der Waals surface area contributed by atoms with E-state index in [4.69, 9.17) is 15.1 Å². The van der Waals surface area contributed by atoms with Crippen molar-refractivity contribution in [1.29, 1.82) is 0 Å². The van der Waals surface area contributed by atoms with Crippen LogP contribution in [0.3, 0.4) is 0 Å². The zero-order valence-corrected chi connectivity index (χ0v) is 21.4. The molecule has 2 atom stereocenters. The van der Waals surface area contributed by atoms with Crippen LogP contribution in [0.2, 0.25) is 0 Å². The predicted molar refractivity (Wildman–Crippen MR) is 138 cm³/mol. The summed E-state index contributed by atoms with van der Waals surface area (Å²) in [7, 11) is 0. The number of aromatic nitrogens is 4. The van der Waals surface area contributed by atoms with Gasteiger partial charge < -0.3 is 20.4 Å². The minimum absolute atomic E-state index is 0. The summed E-state index contributed by atoms with van der Waals surface area (Å²) in [4.78, 5) is 14.8. The monoisotopic (exact) mass is 506 g/mol. The van der Waals surface area contributed by atoms with E-state index in [1.807, 2.05) is 4.52 Å². The Bertz CT molecular complexity index is 857. The fourth-order valence-electron chi connectivity index (χ4n) is 5.06. The highest BCUT2D eigenvalue weighted by molar-refractivity contribution is 5.86. The molecule has 0 radical (unpaired) electrons. The molecule has 1 saturated carbocycles. The van der Waals surface area contributed by atoms with Crippen molar-refractivity contribution < 1.29 is 0 Å². The van der Waals surface area contributed by atoms with E-state index < -0.39 is 0 Å². The van der Waals surface area contributed by atoms with Gasteiger partial charge in [-0.1, -0.05) is 19.3 Å². The molecule has 0 aromatic carbocycles. The van der Waals surface area contributed by atoms with Crippen LogP contribution in [-0.4, -0.2) is 70.9 Å². The molecule has 2 aliphatic heterocycles. The van der Waals surface area contributed by atoms with E-state index in [1.54, 1.807) is 0 Å². The number of piperazine rings is 2. The standard InChI is InChI=1S/C21H34N8.3ClH/c1-15-13-27(10-8-22-15)18-12-19(28-11-9-23-16(2)14-28)29-21(24-18)25-20(26-29)17-6-4-3-5-7-17;;;/h12,15-17,22-23H,3-11,13-14H2,1-2H3;3*1H. The lowest BCUT2D eigenvalue weighted by molar-refractivity contribution is 0.428. The molecule has 11 heteroatoms. The summed E-state index contributed by atoms with van der Waals surface area (Å²) in [6, 6.07) is 3.18. The minimum Gasteiger partial charge on any atom is -0.354 e. The molecule has 0 amide bonds. The number of nitrogens with one attached hydrogen (secondary N) is 2. The molecule has 2 saturated heterocycles. The molecule has 1 aliphatic carbocycles. The van der Waals surface area contributed by atoms with Crippen LogP contribution in [0.4, 0.5) is 11.6 Å². The maximum Gasteiger partial charge on any atom is 0.256 e. The van der Waals surface area contributed by atoms with Crippen molar-refractivity contribution >= 4 is 54.6 Å². The Balaban J connectivity index is 0.00000121. The first kappa shape index (κ1) is 27.2. The highest BCUT2D eigenvalue weighted by Crippen LogP contribution is 2.32. The molecule has 3 fully saturated rings. The molecule has 2 unspecified atom stereocenters. The van der Waals surface area contributed by atoms with E-state index in [-0.39, 0.29) is 37.2 Å². The quantitative estimate of drug-likeness (QED) is 0.661. The fraction of sp³-hybridized carbons (Fsp3) is 0.762. The van der Waals surface area contributed by atoms with Crippen molar-refractivity contribution in [3.63, 3.8) is 0 Å². The van der Waals surface area contributed by atoms with Crippen LogP contribution in [0.5, 0.6) is 0 Å². The number of hydrogen-bond donors (Lipinski definition) is 2. The predicted octanol–water partition coefficient (Wildman–Crippen LogP) is 3.03. The van der Waals surface area contributed by atoms with Gasteiger partial charge >= 0.3 is 0 Å². The van der Waals surface area contributed by atoms with Crippen molar-refractivity contribution in [2.75, 3.05) is 49.1 Å². The summed E-state index contributed by atoms with van der Waals surface area (Å²) >= 11 is 0. The number of nitrogens with zero attached hydrogens (tertiary/aromatic N) is 6. The third-order valence-electron chi connectivity index (χ3n) is 6.65. The summed E-state index contributed by atoms with van der Waals surface area (Å²) < 4.78 is 2.01. The molecule has 2 aromatic rings. The summed E-state index contributed by atoms with van der Waals surface area (Å²) in [6.45, 7) is 10.4. The third-order valence-corrected chi connectivity index (χ3v) is 6.65. The second kappa shape index (κ2) is 11.9. The van der Waals surface area contributed by atoms with Gasteiger partial charge in [0.2, 0.25) is 0 Å². The number of halogens is 3. The molecular formula is C21H37Cl3N8. The van der Waals surface area contributed by atoms with Crippen LogP contribution >= 0.6 is 37.2 Å². The molecule has 4 heterocycles. The fourth-order valence-corrected chi connectivity index (χ4v) is 5.06. The molecule has 2 N–H and O–H groups in total. The van der Waals surface area contributed by atoms with Crippen LogP contribution in [0.15, 0.2) is 6.07 Å². The van der Waals surface area contributed by atoms with E-state index in [2.05, 4.69) is 40.3 Å². The molecule has 5 rings (SSSR count). The number of rotatable bonds is 3. The molecule has 0 spiro atoms. The first-order chi connectivity index (χ1) is 14.2. The Kier molecular flexibility index (Phi) is 10.1. The maximum atomic E-state index is 4.99. The molecule has 2 aromatic heterocycles. The lowest BCUT2D eigenvalue weighted by Crippen LogP contribution is -2.50. The average Bonchev–Trinajstić information content (AvgIpc) is 3.18. The van der Waals surface area contributed by atoms with Crippen molar-refractivity contribution in [2.45, 2.75) is 64.0 Å². The smallest absolute Gasteiger partial charge is 0.256 e. The molecule has 0 bridgehead atoms. The van der Waals surface area contributed by atoms with Gasteiger partial charge in [0.15, 0.2) is 5.82 Å². The third kappa shape index (κ3) is 5.70. The highest BCUT2D eigenvalue weighted by atomic mass is 35.5. The summed E-state index contributed by atoms with van der Waals surface area (Å²) in [5.74, 6) is 4.42. The van der Waals surface area contributed by atoms with Gasteiger partial charge in [-0.2, -0.15) is 14.5 Å². The molecular weight excluding hydrogens is 471 g/mol. The highest BCUT2D eigenvalue weighted by Gasteiger charge is 2.26. The lowest BCUT2D eigenvalue weighted by Gasteiger charge is -2.35. The van der Waals surface area contributed by atoms with Crippen molar-refractivity contribution in [3.05, 3.63) is 11.9 Å². The summed E-state index contributed by atoms with van der Waals surface area (Å²) in [6.07, 6.45) is 6.34. The van der Waals surface area contributed by atoms with Gasteiger partial charge in [0.1, 0.15) is 11.6 Å². The number of anilines is 2. The van der Waals surface area contributed by atoms with E-state index in [1.165, 1.54) is 32.1 Å². The Morgan fingerprint density at radius 3 is 2.12 bits per heavy atom. The van der Waals surface area contributed by atoms with Gasteiger partial charge in [0, 0.05) is 63.3 Å². The molecule has 32 heavy (non-hydrogen) atoms. The van der Waals surface area contributed by atoms with Crippen LogP contribution in [0.1, 0.15) is 57.7 Å². The van der Waals surface area contributed by atoms with Gasteiger partial charge in [-0.3, -0.25) is 0 Å². The molecule has 182 valence electrons. The largest absolute Gasteiger partial charge is 0.354 e. The average molecular weight is 508 g/mol. The Morgan fingerprint density at radius 2 is 1.47 bits per heavy atom. The first-order valence-corrected chi connectivity index (χ1v) is 11.4. The zero-order chi connectivity index (χ0) is 19.8. The van der Waals surface area contributed by atoms with Gasteiger partial charge in [-0.25, -0.2) is 0 Å². The minimum atomic E-state index is 0. The second-order valence-electron chi connectivity index (χ2n) is 9.09.